The topological polar surface area (TPSA) is 98.6 Å². The molecule has 0 aliphatic carbocycles. The smallest absolute Gasteiger partial charge is 0.271 e. The maximum absolute atomic E-state index is 12.3. The minimum absolute atomic E-state index is 0.103. The summed E-state index contributed by atoms with van der Waals surface area (Å²) in [6.45, 7) is 1.13. The highest BCUT2D eigenvalue weighted by Gasteiger charge is 2.14. The van der Waals surface area contributed by atoms with E-state index in [-0.39, 0.29) is 23.2 Å². The Balaban J connectivity index is 1.71. The molecule has 1 aliphatic rings. The van der Waals surface area contributed by atoms with E-state index in [2.05, 4.69) is 10.5 Å². The van der Waals surface area contributed by atoms with Gasteiger partial charge >= 0.3 is 0 Å². The molecule has 1 heterocycles. The molecule has 8 nitrogen and oxygen atoms in total. The molecule has 0 fully saturated rings. The fraction of sp³-hybridized carbons (Fsp3) is 0.263. The number of aromatic hydroxyl groups is 1. The summed E-state index contributed by atoms with van der Waals surface area (Å²) < 4.78 is 21.3. The average Bonchev–Trinajstić information content (AvgIpc) is 2.93. The number of methoxy groups -OCH3 is 2. The van der Waals surface area contributed by atoms with E-state index >= 15 is 0 Å². The molecule has 1 aliphatic heterocycles. The molecule has 1 amide bonds. The molecule has 27 heavy (non-hydrogen) atoms. The summed E-state index contributed by atoms with van der Waals surface area (Å²) in [7, 11) is 2.86. The van der Waals surface area contributed by atoms with E-state index in [0.29, 0.717) is 35.8 Å². The van der Waals surface area contributed by atoms with Crippen molar-refractivity contribution in [1.82, 2.24) is 5.43 Å². The number of hydrazone groups is 1. The van der Waals surface area contributed by atoms with Crippen LogP contribution in [-0.2, 0) is 0 Å². The summed E-state index contributed by atoms with van der Waals surface area (Å²) in [5, 5.41) is 13.8. The number of nitrogens with zero attached hydrogens (tertiary/aromatic N) is 1. The van der Waals surface area contributed by atoms with E-state index in [1.807, 2.05) is 0 Å². The largest absolute Gasteiger partial charge is 0.502 e. The maximum atomic E-state index is 12.3. The summed E-state index contributed by atoms with van der Waals surface area (Å²) in [6.07, 6.45) is 2.21. The Hall–Kier alpha value is -3.42. The lowest BCUT2D eigenvalue weighted by molar-refractivity contribution is 0.0954. The number of hydrogen-bond acceptors (Lipinski definition) is 7. The van der Waals surface area contributed by atoms with Crippen molar-refractivity contribution in [2.45, 2.75) is 6.42 Å². The lowest BCUT2D eigenvalue weighted by atomic mass is 10.2. The van der Waals surface area contributed by atoms with Gasteiger partial charge in [0.15, 0.2) is 23.0 Å². The van der Waals surface area contributed by atoms with Crippen LogP contribution in [0.2, 0.25) is 0 Å². The molecule has 3 rings (SSSR count). The number of benzene rings is 2. The van der Waals surface area contributed by atoms with Gasteiger partial charge in [-0.2, -0.15) is 5.10 Å². The molecule has 8 heteroatoms. The molecule has 0 aromatic heterocycles. The second kappa shape index (κ2) is 8.31. The summed E-state index contributed by atoms with van der Waals surface area (Å²) in [5.74, 6) is 1.15. The highest BCUT2D eigenvalue weighted by atomic mass is 16.5. The number of hydrogen-bond donors (Lipinski definition) is 2. The predicted octanol–water partition coefficient (Wildman–Crippen LogP) is 2.33. The highest BCUT2D eigenvalue weighted by Crippen LogP contribution is 2.36. The van der Waals surface area contributed by atoms with Crippen molar-refractivity contribution >= 4 is 12.1 Å². The van der Waals surface area contributed by atoms with Crippen molar-refractivity contribution < 1.29 is 28.8 Å². The van der Waals surface area contributed by atoms with Gasteiger partial charge in [-0.15, -0.1) is 0 Å². The number of fused-ring (bicyclic) bond motifs is 1. The van der Waals surface area contributed by atoms with Crippen molar-refractivity contribution in [3.63, 3.8) is 0 Å². The van der Waals surface area contributed by atoms with E-state index in [4.69, 9.17) is 18.9 Å². The fourth-order valence-corrected chi connectivity index (χ4v) is 2.52. The first-order valence-electron chi connectivity index (χ1n) is 8.30. The molecule has 0 saturated heterocycles. The van der Waals surface area contributed by atoms with Gasteiger partial charge in [-0.3, -0.25) is 4.79 Å². The quantitative estimate of drug-likeness (QED) is 0.617. The Morgan fingerprint density at radius 3 is 2.44 bits per heavy atom. The summed E-state index contributed by atoms with van der Waals surface area (Å²) in [4.78, 5) is 12.3. The molecule has 142 valence electrons. The van der Waals surface area contributed by atoms with Crippen LogP contribution in [0.1, 0.15) is 22.3 Å². The summed E-state index contributed by atoms with van der Waals surface area (Å²) in [6, 6.07) is 8.11. The lowest BCUT2D eigenvalue weighted by Gasteiger charge is -2.09. The van der Waals surface area contributed by atoms with Gasteiger partial charge in [-0.05, 0) is 30.3 Å². The van der Waals surface area contributed by atoms with Crippen molar-refractivity contribution in [3.8, 4) is 28.7 Å². The van der Waals surface area contributed by atoms with Gasteiger partial charge in [-0.25, -0.2) is 5.43 Å². The van der Waals surface area contributed by atoms with Crippen LogP contribution < -0.4 is 24.4 Å². The minimum Gasteiger partial charge on any atom is -0.502 e. The zero-order valence-corrected chi connectivity index (χ0v) is 15.0. The Bertz CT molecular complexity index is 840. The van der Waals surface area contributed by atoms with E-state index in [1.165, 1.54) is 20.4 Å². The van der Waals surface area contributed by atoms with Gasteiger partial charge in [0, 0.05) is 17.5 Å². The molecule has 0 spiro atoms. The molecule has 2 aromatic carbocycles. The first kappa shape index (κ1) is 18.4. The summed E-state index contributed by atoms with van der Waals surface area (Å²) in [5.41, 5.74) is 3.43. The Morgan fingerprint density at radius 1 is 1.11 bits per heavy atom. The number of carbonyl (C=O) groups is 1. The SMILES string of the molecule is COc1cc(/C=N/NC(=O)c2ccc3c(c2)OCCCO3)cc(OC)c1O. The molecule has 0 bridgehead atoms. The summed E-state index contributed by atoms with van der Waals surface area (Å²) >= 11 is 0. The molecule has 0 saturated carbocycles. The number of phenols is 1. The van der Waals surface area contributed by atoms with Gasteiger partial charge < -0.3 is 24.1 Å². The third-order valence-corrected chi connectivity index (χ3v) is 3.89. The molecular formula is C19H20N2O6. The van der Waals surface area contributed by atoms with E-state index in [1.54, 1.807) is 30.3 Å². The van der Waals surface area contributed by atoms with Crippen molar-refractivity contribution in [3.05, 3.63) is 41.5 Å². The lowest BCUT2D eigenvalue weighted by Crippen LogP contribution is -2.17. The fourth-order valence-electron chi connectivity index (χ4n) is 2.52. The zero-order chi connectivity index (χ0) is 19.2. The number of ether oxygens (including phenoxy) is 4. The monoisotopic (exact) mass is 372 g/mol. The van der Waals surface area contributed by atoms with Crippen LogP contribution in [0.25, 0.3) is 0 Å². The van der Waals surface area contributed by atoms with E-state index in [9.17, 15) is 9.90 Å². The molecule has 0 radical (unpaired) electrons. The van der Waals surface area contributed by atoms with Gasteiger partial charge in [0.2, 0.25) is 5.75 Å². The van der Waals surface area contributed by atoms with Crippen LogP contribution in [0.4, 0.5) is 0 Å². The van der Waals surface area contributed by atoms with Gasteiger partial charge in [0.1, 0.15) is 0 Å². The van der Waals surface area contributed by atoms with Crippen LogP contribution in [0, 0.1) is 0 Å². The second-order valence-electron chi connectivity index (χ2n) is 5.69. The van der Waals surface area contributed by atoms with Crippen molar-refractivity contribution in [2.24, 2.45) is 5.10 Å². The first-order chi connectivity index (χ1) is 13.1. The van der Waals surface area contributed by atoms with Crippen LogP contribution >= 0.6 is 0 Å². The number of carbonyl (C=O) groups excluding carboxylic acids is 1. The van der Waals surface area contributed by atoms with Crippen LogP contribution in [-0.4, -0.2) is 44.7 Å². The van der Waals surface area contributed by atoms with Gasteiger partial charge in [0.25, 0.3) is 5.91 Å². The number of rotatable bonds is 5. The molecule has 2 N–H and O–H groups in total. The number of phenolic OH excluding ortho intramolecular Hbond substituents is 1. The van der Waals surface area contributed by atoms with Crippen LogP contribution in [0.15, 0.2) is 35.4 Å². The van der Waals surface area contributed by atoms with E-state index in [0.717, 1.165) is 6.42 Å². The third-order valence-electron chi connectivity index (χ3n) is 3.89. The van der Waals surface area contributed by atoms with Crippen molar-refractivity contribution in [1.29, 1.82) is 0 Å². The van der Waals surface area contributed by atoms with E-state index < -0.39 is 0 Å². The average molecular weight is 372 g/mol. The predicted molar refractivity (Wildman–Crippen MR) is 98.3 cm³/mol. The molecule has 0 unspecified atom stereocenters. The third kappa shape index (κ3) is 4.22. The van der Waals surface area contributed by atoms with Gasteiger partial charge in [-0.1, -0.05) is 0 Å². The minimum atomic E-state index is -0.389. The highest BCUT2D eigenvalue weighted by molar-refractivity contribution is 5.95. The standard InChI is InChI=1S/C19H20N2O6/c1-24-16-8-12(9-17(25-2)18(16)22)11-20-21-19(23)13-4-5-14-15(10-13)27-7-3-6-26-14/h4-5,8-11,22H,3,6-7H2,1-2H3,(H,21,23)/b20-11+. The number of nitrogens with one attached hydrogen (secondary N) is 1. The Labute approximate surface area is 156 Å². The molecule has 0 atom stereocenters. The Kier molecular flexibility index (Phi) is 5.65. The zero-order valence-electron chi connectivity index (χ0n) is 15.0. The first-order valence-corrected chi connectivity index (χ1v) is 8.30. The second-order valence-corrected chi connectivity index (χ2v) is 5.69. The molecular weight excluding hydrogens is 352 g/mol. The van der Waals surface area contributed by atoms with Gasteiger partial charge in [0.05, 0.1) is 33.6 Å². The molecule has 2 aromatic rings. The Morgan fingerprint density at radius 2 is 1.78 bits per heavy atom. The van der Waals surface area contributed by atoms with Crippen LogP contribution in [0.3, 0.4) is 0 Å². The number of amides is 1. The maximum Gasteiger partial charge on any atom is 0.271 e. The van der Waals surface area contributed by atoms with Crippen molar-refractivity contribution in [2.75, 3.05) is 27.4 Å². The van der Waals surface area contributed by atoms with Crippen LogP contribution in [0.5, 0.6) is 28.7 Å². The normalized spacial score (nSPS) is 13.1.